The van der Waals surface area contributed by atoms with Crippen molar-refractivity contribution in [3.63, 3.8) is 0 Å². The predicted molar refractivity (Wildman–Crippen MR) is 53.4 cm³/mol. The molecule has 1 aromatic rings. The van der Waals surface area contributed by atoms with Crippen molar-refractivity contribution in [2.24, 2.45) is 12.8 Å². The summed E-state index contributed by atoms with van der Waals surface area (Å²) in [4.78, 5) is 11.2. The van der Waals surface area contributed by atoms with Gasteiger partial charge >= 0.3 is 0 Å². The Morgan fingerprint density at radius 2 is 2.43 bits per heavy atom. The van der Waals surface area contributed by atoms with Crippen molar-refractivity contribution < 1.29 is 4.79 Å². The van der Waals surface area contributed by atoms with E-state index in [1.165, 1.54) is 0 Å². The first-order valence-corrected chi connectivity index (χ1v) is 4.53. The quantitative estimate of drug-likeness (QED) is 0.696. The van der Waals surface area contributed by atoms with Gasteiger partial charge in [-0.1, -0.05) is 0 Å². The van der Waals surface area contributed by atoms with E-state index in [4.69, 9.17) is 5.73 Å². The first-order chi connectivity index (χ1) is 6.52. The van der Waals surface area contributed by atoms with Gasteiger partial charge in [-0.3, -0.25) is 9.48 Å². The topological polar surface area (TPSA) is 72.9 Å². The number of aryl methyl sites for hydroxylation is 1. The molecule has 0 bridgehead atoms. The van der Waals surface area contributed by atoms with Crippen LogP contribution in [0.3, 0.4) is 0 Å². The van der Waals surface area contributed by atoms with E-state index >= 15 is 0 Å². The third-order valence-electron chi connectivity index (χ3n) is 2.20. The lowest BCUT2D eigenvalue weighted by atomic mass is 10.2. The van der Waals surface area contributed by atoms with Gasteiger partial charge in [-0.05, 0) is 13.8 Å². The lowest BCUT2D eigenvalue weighted by molar-refractivity contribution is -0.122. The van der Waals surface area contributed by atoms with Crippen LogP contribution in [-0.2, 0) is 18.4 Å². The number of nitrogens with zero attached hydrogens (tertiary/aromatic N) is 2. The molecule has 0 spiro atoms. The minimum atomic E-state index is -0.466. The molecule has 5 heteroatoms. The lowest BCUT2D eigenvalue weighted by Crippen LogP contribution is -2.37. The Hall–Kier alpha value is -1.36. The maximum absolute atomic E-state index is 11.2. The van der Waals surface area contributed by atoms with Gasteiger partial charge in [0.05, 0.1) is 12.2 Å². The number of nitrogens with two attached hydrogens (primary N) is 1. The van der Waals surface area contributed by atoms with Crippen molar-refractivity contribution in [1.82, 2.24) is 15.1 Å². The molecule has 0 aliphatic rings. The molecule has 0 aliphatic heterocycles. The molecule has 0 aromatic carbocycles. The Labute approximate surface area is 83.3 Å². The fourth-order valence-electron chi connectivity index (χ4n) is 1.06. The third kappa shape index (κ3) is 2.32. The van der Waals surface area contributed by atoms with Crippen LogP contribution >= 0.6 is 0 Å². The Bertz CT molecular complexity index is 330. The first-order valence-electron chi connectivity index (χ1n) is 4.53. The average molecular weight is 196 g/mol. The molecule has 5 nitrogen and oxygen atoms in total. The summed E-state index contributed by atoms with van der Waals surface area (Å²) in [7, 11) is 1.87. The molecule has 0 unspecified atom stereocenters. The zero-order valence-electron chi connectivity index (χ0n) is 8.74. The zero-order chi connectivity index (χ0) is 10.7. The van der Waals surface area contributed by atoms with E-state index in [1.807, 2.05) is 14.0 Å². The van der Waals surface area contributed by atoms with Crippen molar-refractivity contribution in [2.75, 3.05) is 0 Å². The van der Waals surface area contributed by atoms with Crippen LogP contribution < -0.4 is 11.1 Å². The summed E-state index contributed by atoms with van der Waals surface area (Å²) in [5, 5.41) is 6.81. The number of nitrogens with one attached hydrogen (secondary N) is 1. The fraction of sp³-hybridized carbons (Fsp3) is 0.556. The normalized spacial score (nSPS) is 12.6. The highest BCUT2D eigenvalue weighted by molar-refractivity contribution is 5.80. The summed E-state index contributed by atoms with van der Waals surface area (Å²) in [6.07, 6.45) is 1.75. The summed E-state index contributed by atoms with van der Waals surface area (Å²) in [5.74, 6) is -0.145. The molecule has 1 aromatic heterocycles. The van der Waals surface area contributed by atoms with Crippen molar-refractivity contribution in [3.8, 4) is 0 Å². The van der Waals surface area contributed by atoms with Gasteiger partial charge in [0.2, 0.25) is 5.91 Å². The van der Waals surface area contributed by atoms with Crippen LogP contribution in [0.4, 0.5) is 0 Å². The Kier molecular flexibility index (Phi) is 3.24. The van der Waals surface area contributed by atoms with Crippen molar-refractivity contribution >= 4 is 5.91 Å². The number of rotatable bonds is 3. The minimum Gasteiger partial charge on any atom is -0.351 e. The monoisotopic (exact) mass is 196 g/mol. The largest absolute Gasteiger partial charge is 0.351 e. The Morgan fingerprint density at radius 1 is 1.79 bits per heavy atom. The van der Waals surface area contributed by atoms with Gasteiger partial charge in [0.25, 0.3) is 0 Å². The van der Waals surface area contributed by atoms with Gasteiger partial charge in [0, 0.05) is 24.8 Å². The van der Waals surface area contributed by atoms with Crippen LogP contribution in [0.25, 0.3) is 0 Å². The van der Waals surface area contributed by atoms with Crippen LogP contribution in [0, 0.1) is 6.92 Å². The smallest absolute Gasteiger partial charge is 0.236 e. The number of hydrogen-bond donors (Lipinski definition) is 2. The Morgan fingerprint density at radius 3 is 2.86 bits per heavy atom. The molecular weight excluding hydrogens is 180 g/mol. The molecule has 1 heterocycles. The highest BCUT2D eigenvalue weighted by Crippen LogP contribution is 2.04. The first kappa shape index (κ1) is 10.7. The Balaban J connectivity index is 2.54. The SMILES string of the molecule is Cc1c(CNC(=O)[C@@H](C)N)cnn1C. The van der Waals surface area contributed by atoms with E-state index in [0.717, 1.165) is 11.3 Å². The van der Waals surface area contributed by atoms with E-state index in [1.54, 1.807) is 17.8 Å². The number of amides is 1. The van der Waals surface area contributed by atoms with Gasteiger partial charge in [0.1, 0.15) is 0 Å². The highest BCUT2D eigenvalue weighted by atomic mass is 16.2. The van der Waals surface area contributed by atoms with Crippen LogP contribution in [0.15, 0.2) is 6.20 Å². The summed E-state index contributed by atoms with van der Waals surface area (Å²) >= 11 is 0. The summed E-state index contributed by atoms with van der Waals surface area (Å²) in [5.41, 5.74) is 7.48. The van der Waals surface area contributed by atoms with E-state index in [2.05, 4.69) is 10.4 Å². The van der Waals surface area contributed by atoms with Gasteiger partial charge in [-0.15, -0.1) is 0 Å². The standard InChI is InChI=1S/C9H16N4O/c1-6(10)9(14)11-4-8-5-12-13(3)7(8)2/h5-6H,4,10H2,1-3H3,(H,11,14)/t6-/m1/s1. The van der Waals surface area contributed by atoms with Gasteiger partial charge in [-0.25, -0.2) is 0 Å². The van der Waals surface area contributed by atoms with Crippen molar-refractivity contribution in [2.45, 2.75) is 26.4 Å². The zero-order valence-corrected chi connectivity index (χ0v) is 8.74. The maximum Gasteiger partial charge on any atom is 0.236 e. The second-order valence-corrected chi connectivity index (χ2v) is 3.39. The third-order valence-corrected chi connectivity index (χ3v) is 2.20. The molecule has 78 valence electrons. The minimum absolute atomic E-state index is 0.145. The summed E-state index contributed by atoms with van der Waals surface area (Å²) < 4.78 is 1.77. The second kappa shape index (κ2) is 4.23. The second-order valence-electron chi connectivity index (χ2n) is 3.39. The van der Waals surface area contributed by atoms with Gasteiger partial charge in [-0.2, -0.15) is 5.10 Å². The molecule has 0 aliphatic carbocycles. The molecule has 1 atom stereocenters. The summed E-state index contributed by atoms with van der Waals surface area (Å²) in [6, 6.07) is -0.466. The average Bonchev–Trinajstić information content (AvgIpc) is 2.44. The van der Waals surface area contributed by atoms with E-state index in [-0.39, 0.29) is 5.91 Å². The van der Waals surface area contributed by atoms with E-state index in [9.17, 15) is 4.79 Å². The molecule has 1 amide bonds. The van der Waals surface area contributed by atoms with E-state index < -0.39 is 6.04 Å². The fourth-order valence-corrected chi connectivity index (χ4v) is 1.06. The van der Waals surface area contributed by atoms with Gasteiger partial charge < -0.3 is 11.1 Å². The molecule has 0 fully saturated rings. The highest BCUT2D eigenvalue weighted by Gasteiger charge is 2.08. The number of carbonyl (C=O) groups is 1. The van der Waals surface area contributed by atoms with Gasteiger partial charge in [0.15, 0.2) is 0 Å². The lowest BCUT2D eigenvalue weighted by Gasteiger charge is -2.06. The van der Waals surface area contributed by atoms with Crippen molar-refractivity contribution in [3.05, 3.63) is 17.5 Å². The molecule has 0 radical (unpaired) electrons. The van der Waals surface area contributed by atoms with Crippen molar-refractivity contribution in [1.29, 1.82) is 0 Å². The number of carbonyl (C=O) groups excluding carboxylic acids is 1. The molecule has 0 saturated heterocycles. The van der Waals surface area contributed by atoms with Crippen LogP contribution in [0.2, 0.25) is 0 Å². The molecule has 1 rings (SSSR count). The molecule has 14 heavy (non-hydrogen) atoms. The predicted octanol–water partition coefficient (Wildman–Crippen LogP) is -0.308. The molecule has 0 saturated carbocycles. The maximum atomic E-state index is 11.2. The number of aromatic nitrogens is 2. The number of hydrogen-bond acceptors (Lipinski definition) is 3. The molecule has 3 N–H and O–H groups in total. The van der Waals surface area contributed by atoms with Crippen LogP contribution in [-0.4, -0.2) is 21.7 Å². The summed E-state index contributed by atoms with van der Waals surface area (Å²) in [6.45, 7) is 4.10. The van der Waals surface area contributed by atoms with Crippen LogP contribution in [0.1, 0.15) is 18.2 Å². The molecular formula is C9H16N4O. The van der Waals surface area contributed by atoms with Crippen LogP contribution in [0.5, 0.6) is 0 Å². The van der Waals surface area contributed by atoms with E-state index in [0.29, 0.717) is 6.54 Å².